The largest absolute Gasteiger partial charge is 0.317 e. The topological polar surface area (TPSA) is 72.2 Å². The van der Waals surface area contributed by atoms with Crippen molar-refractivity contribution in [1.29, 1.82) is 0 Å². The monoisotopic (exact) mass is 278 g/mol. The molecule has 0 aliphatic rings. The van der Waals surface area contributed by atoms with Crippen LogP contribution in [-0.2, 0) is 10.0 Å². The van der Waals surface area contributed by atoms with Crippen LogP contribution in [0.4, 0.5) is 0 Å². The van der Waals surface area contributed by atoms with Crippen molar-refractivity contribution in [3.63, 3.8) is 0 Å². The van der Waals surface area contributed by atoms with E-state index in [1.165, 1.54) is 51.4 Å². The Bertz CT molecular complexity index is 266. The van der Waals surface area contributed by atoms with Gasteiger partial charge < -0.3 is 5.32 Å². The summed E-state index contributed by atoms with van der Waals surface area (Å²) in [5.74, 6) is 0.0808. The molecule has 0 aliphatic heterocycles. The Morgan fingerprint density at radius 2 is 1.33 bits per heavy atom. The van der Waals surface area contributed by atoms with Gasteiger partial charge in [0.15, 0.2) is 0 Å². The molecule has 0 bridgehead atoms. The van der Waals surface area contributed by atoms with Crippen molar-refractivity contribution < 1.29 is 8.42 Å². The van der Waals surface area contributed by atoms with Crippen molar-refractivity contribution in [3.05, 3.63) is 0 Å². The molecular weight excluding hydrogens is 248 g/mol. The van der Waals surface area contributed by atoms with E-state index in [4.69, 9.17) is 5.14 Å². The summed E-state index contributed by atoms with van der Waals surface area (Å²) in [5, 5.41) is 8.16. The zero-order chi connectivity index (χ0) is 13.7. The number of nitrogens with two attached hydrogens (primary N) is 1. The highest BCUT2D eigenvalue weighted by Crippen LogP contribution is 2.07. The number of rotatable bonds is 13. The summed E-state index contributed by atoms with van der Waals surface area (Å²) < 4.78 is 21.3. The summed E-state index contributed by atoms with van der Waals surface area (Å²) >= 11 is 0. The standard InChI is InChI=1S/C13H30N2O2S/c1-2-3-4-5-6-7-8-9-11-15-12-10-13-18(14,16)17/h15H,2-13H2,1H3,(H2,14,16,17). The molecule has 0 saturated heterocycles. The van der Waals surface area contributed by atoms with Crippen LogP contribution in [0.25, 0.3) is 0 Å². The van der Waals surface area contributed by atoms with Crippen LogP contribution in [0.1, 0.15) is 64.7 Å². The first kappa shape index (κ1) is 17.9. The number of hydrogen-bond donors (Lipinski definition) is 2. The lowest BCUT2D eigenvalue weighted by Gasteiger charge is -2.04. The number of sulfonamides is 1. The van der Waals surface area contributed by atoms with Gasteiger partial charge >= 0.3 is 0 Å². The number of primary sulfonamides is 1. The Morgan fingerprint density at radius 1 is 0.833 bits per heavy atom. The van der Waals surface area contributed by atoms with Gasteiger partial charge in [0.25, 0.3) is 0 Å². The molecule has 0 aromatic heterocycles. The third-order valence-electron chi connectivity index (χ3n) is 2.99. The van der Waals surface area contributed by atoms with Gasteiger partial charge in [0.05, 0.1) is 5.75 Å². The Kier molecular flexibility index (Phi) is 11.8. The molecule has 0 aromatic rings. The average molecular weight is 278 g/mol. The first-order valence-corrected chi connectivity index (χ1v) is 8.99. The van der Waals surface area contributed by atoms with Crippen LogP contribution in [-0.4, -0.2) is 27.3 Å². The number of hydrogen-bond acceptors (Lipinski definition) is 3. The van der Waals surface area contributed by atoms with E-state index in [0.29, 0.717) is 6.42 Å². The molecule has 18 heavy (non-hydrogen) atoms. The van der Waals surface area contributed by atoms with Gasteiger partial charge in [-0.15, -0.1) is 0 Å². The predicted molar refractivity (Wildman–Crippen MR) is 78.1 cm³/mol. The fourth-order valence-electron chi connectivity index (χ4n) is 1.91. The van der Waals surface area contributed by atoms with Gasteiger partial charge in [-0.05, 0) is 25.9 Å². The molecule has 0 aromatic carbocycles. The summed E-state index contributed by atoms with van der Waals surface area (Å²) in [5.41, 5.74) is 0. The normalized spacial score (nSPS) is 11.9. The molecule has 110 valence electrons. The molecule has 0 radical (unpaired) electrons. The Hall–Kier alpha value is -0.130. The van der Waals surface area contributed by atoms with E-state index in [1.54, 1.807) is 0 Å². The summed E-state index contributed by atoms with van der Waals surface area (Å²) in [6, 6.07) is 0. The minimum Gasteiger partial charge on any atom is -0.317 e. The van der Waals surface area contributed by atoms with E-state index >= 15 is 0 Å². The minimum absolute atomic E-state index is 0.0808. The second-order valence-corrected chi connectivity index (χ2v) is 6.68. The molecule has 0 heterocycles. The fraction of sp³-hybridized carbons (Fsp3) is 1.00. The van der Waals surface area contributed by atoms with Gasteiger partial charge in [0.2, 0.25) is 10.0 Å². The zero-order valence-electron chi connectivity index (χ0n) is 11.8. The molecule has 0 unspecified atom stereocenters. The molecule has 4 nitrogen and oxygen atoms in total. The third-order valence-corrected chi connectivity index (χ3v) is 3.85. The molecule has 5 heteroatoms. The van der Waals surface area contributed by atoms with E-state index in [0.717, 1.165) is 13.1 Å². The Labute approximate surface area is 113 Å². The van der Waals surface area contributed by atoms with Gasteiger partial charge in [-0.25, -0.2) is 13.6 Å². The summed E-state index contributed by atoms with van der Waals surface area (Å²) in [6.07, 6.45) is 11.2. The second kappa shape index (κ2) is 11.9. The molecule has 3 N–H and O–H groups in total. The third kappa shape index (κ3) is 15.9. The lowest BCUT2D eigenvalue weighted by Crippen LogP contribution is -2.22. The summed E-state index contributed by atoms with van der Waals surface area (Å²) in [7, 11) is -3.28. The molecular formula is C13H30N2O2S. The Morgan fingerprint density at radius 3 is 1.89 bits per heavy atom. The number of unbranched alkanes of at least 4 members (excludes halogenated alkanes) is 7. The van der Waals surface area contributed by atoms with Gasteiger partial charge in [0, 0.05) is 0 Å². The smallest absolute Gasteiger partial charge is 0.209 e. The first-order valence-electron chi connectivity index (χ1n) is 7.27. The Balaban J connectivity index is 3.03. The summed E-state index contributed by atoms with van der Waals surface area (Å²) in [6.45, 7) is 3.97. The molecule has 0 atom stereocenters. The van der Waals surface area contributed by atoms with Crippen LogP contribution >= 0.6 is 0 Å². The van der Waals surface area contributed by atoms with Crippen LogP contribution in [0.5, 0.6) is 0 Å². The highest BCUT2D eigenvalue weighted by atomic mass is 32.2. The number of nitrogens with one attached hydrogen (secondary N) is 1. The van der Waals surface area contributed by atoms with Crippen molar-refractivity contribution in [2.24, 2.45) is 5.14 Å². The quantitative estimate of drug-likeness (QED) is 0.508. The van der Waals surface area contributed by atoms with Crippen molar-refractivity contribution in [2.45, 2.75) is 64.7 Å². The maximum atomic E-state index is 10.7. The molecule has 0 spiro atoms. The molecule has 0 amide bonds. The second-order valence-electron chi connectivity index (χ2n) is 4.95. The van der Waals surface area contributed by atoms with Crippen LogP contribution in [0.2, 0.25) is 0 Å². The first-order chi connectivity index (χ1) is 8.56. The van der Waals surface area contributed by atoms with Gasteiger partial charge in [-0.3, -0.25) is 0 Å². The van der Waals surface area contributed by atoms with Crippen LogP contribution < -0.4 is 10.5 Å². The lowest BCUT2D eigenvalue weighted by atomic mass is 10.1. The zero-order valence-corrected chi connectivity index (χ0v) is 12.6. The SMILES string of the molecule is CCCCCCCCCCNCCCS(N)(=O)=O. The lowest BCUT2D eigenvalue weighted by molar-refractivity contribution is 0.552. The van der Waals surface area contributed by atoms with Gasteiger partial charge in [-0.2, -0.15) is 0 Å². The predicted octanol–water partition coefficient (Wildman–Crippen LogP) is 2.40. The minimum atomic E-state index is -3.28. The van der Waals surface area contributed by atoms with Crippen molar-refractivity contribution in [1.82, 2.24) is 5.32 Å². The highest BCUT2D eigenvalue weighted by Gasteiger charge is 2.00. The van der Waals surface area contributed by atoms with Gasteiger partial charge in [0.1, 0.15) is 0 Å². The van der Waals surface area contributed by atoms with E-state index in [-0.39, 0.29) is 5.75 Å². The summed E-state index contributed by atoms with van der Waals surface area (Å²) in [4.78, 5) is 0. The van der Waals surface area contributed by atoms with Crippen molar-refractivity contribution in [3.8, 4) is 0 Å². The van der Waals surface area contributed by atoms with Crippen LogP contribution in [0, 0.1) is 0 Å². The maximum absolute atomic E-state index is 10.7. The highest BCUT2D eigenvalue weighted by molar-refractivity contribution is 7.89. The maximum Gasteiger partial charge on any atom is 0.209 e. The molecule has 0 fully saturated rings. The van der Waals surface area contributed by atoms with Crippen molar-refractivity contribution >= 4 is 10.0 Å². The average Bonchev–Trinajstić information content (AvgIpc) is 2.29. The van der Waals surface area contributed by atoms with E-state index in [2.05, 4.69) is 12.2 Å². The van der Waals surface area contributed by atoms with Gasteiger partial charge in [-0.1, -0.05) is 51.9 Å². The van der Waals surface area contributed by atoms with E-state index < -0.39 is 10.0 Å². The van der Waals surface area contributed by atoms with Crippen LogP contribution in [0.15, 0.2) is 0 Å². The fourth-order valence-corrected chi connectivity index (χ4v) is 2.45. The molecule has 0 rings (SSSR count). The molecule has 0 aliphatic carbocycles. The molecule has 0 saturated carbocycles. The van der Waals surface area contributed by atoms with Crippen molar-refractivity contribution in [2.75, 3.05) is 18.8 Å². The van der Waals surface area contributed by atoms with E-state index in [9.17, 15) is 8.42 Å². The van der Waals surface area contributed by atoms with E-state index in [1.807, 2.05) is 0 Å². The van der Waals surface area contributed by atoms with Crippen LogP contribution in [0.3, 0.4) is 0 Å².